The molecule has 108 valence electrons. The first kappa shape index (κ1) is 14.0. The number of amides is 1. The highest BCUT2D eigenvalue weighted by molar-refractivity contribution is 6.32. The molecule has 1 saturated heterocycles. The van der Waals surface area contributed by atoms with E-state index in [1.165, 1.54) is 0 Å². The van der Waals surface area contributed by atoms with Gasteiger partial charge in [-0.1, -0.05) is 35.9 Å². The second-order valence-corrected chi connectivity index (χ2v) is 5.42. The zero-order chi connectivity index (χ0) is 14.8. The monoisotopic (exact) mass is 301 g/mol. The molecule has 4 heteroatoms. The summed E-state index contributed by atoms with van der Waals surface area (Å²) in [4.78, 5) is 13.6. The van der Waals surface area contributed by atoms with Crippen LogP contribution < -0.4 is 9.64 Å². The molecule has 0 spiro atoms. The summed E-state index contributed by atoms with van der Waals surface area (Å²) in [5.74, 6) is 0.868. The molecule has 0 aromatic heterocycles. The maximum absolute atomic E-state index is 11.8. The summed E-state index contributed by atoms with van der Waals surface area (Å²) in [7, 11) is 1.61. The Morgan fingerprint density at radius 3 is 2.52 bits per heavy atom. The van der Waals surface area contributed by atoms with Gasteiger partial charge in [-0.15, -0.1) is 0 Å². The number of ether oxygens (including phenoxy) is 1. The van der Waals surface area contributed by atoms with Crippen molar-refractivity contribution in [3.05, 3.63) is 47.5 Å². The molecular formula is C17H16ClNO2. The van der Waals surface area contributed by atoms with Gasteiger partial charge < -0.3 is 9.64 Å². The van der Waals surface area contributed by atoms with Crippen LogP contribution in [0.1, 0.15) is 12.8 Å². The zero-order valence-corrected chi connectivity index (χ0v) is 12.6. The summed E-state index contributed by atoms with van der Waals surface area (Å²) in [6.07, 6.45) is 1.58. The largest absolute Gasteiger partial charge is 0.495 e. The van der Waals surface area contributed by atoms with E-state index >= 15 is 0 Å². The molecule has 0 saturated carbocycles. The molecule has 3 rings (SSSR count). The number of hydrogen-bond acceptors (Lipinski definition) is 2. The van der Waals surface area contributed by atoms with Gasteiger partial charge in [-0.05, 0) is 30.2 Å². The lowest BCUT2D eigenvalue weighted by Crippen LogP contribution is -2.23. The van der Waals surface area contributed by atoms with Crippen molar-refractivity contribution >= 4 is 23.2 Å². The van der Waals surface area contributed by atoms with Gasteiger partial charge in [-0.2, -0.15) is 0 Å². The van der Waals surface area contributed by atoms with Crippen LogP contribution in [0, 0.1) is 0 Å². The van der Waals surface area contributed by atoms with Crippen LogP contribution >= 0.6 is 11.6 Å². The number of rotatable bonds is 3. The number of halogens is 1. The summed E-state index contributed by atoms with van der Waals surface area (Å²) >= 11 is 6.16. The molecule has 0 radical (unpaired) electrons. The minimum Gasteiger partial charge on any atom is -0.495 e. The summed E-state index contributed by atoms with van der Waals surface area (Å²) in [6.45, 7) is 0.804. The summed E-state index contributed by atoms with van der Waals surface area (Å²) in [5.41, 5.74) is 2.91. The highest BCUT2D eigenvalue weighted by Gasteiger charge is 2.21. The first-order chi connectivity index (χ1) is 10.2. The number of methoxy groups -OCH3 is 1. The summed E-state index contributed by atoms with van der Waals surface area (Å²) in [6, 6.07) is 13.6. The second kappa shape index (κ2) is 5.78. The van der Waals surface area contributed by atoms with Crippen LogP contribution in [-0.2, 0) is 4.79 Å². The van der Waals surface area contributed by atoms with Gasteiger partial charge in [0.15, 0.2) is 0 Å². The lowest BCUT2D eigenvalue weighted by molar-refractivity contribution is -0.117. The van der Waals surface area contributed by atoms with E-state index in [1.807, 2.05) is 41.3 Å². The molecule has 1 fully saturated rings. The van der Waals surface area contributed by atoms with E-state index in [1.54, 1.807) is 13.2 Å². The molecule has 0 bridgehead atoms. The second-order valence-electron chi connectivity index (χ2n) is 5.02. The van der Waals surface area contributed by atoms with Crippen molar-refractivity contribution in [2.75, 3.05) is 18.6 Å². The van der Waals surface area contributed by atoms with Gasteiger partial charge in [0.25, 0.3) is 0 Å². The Balaban J connectivity index is 1.94. The Morgan fingerprint density at radius 2 is 1.90 bits per heavy atom. The molecule has 1 aliphatic heterocycles. The van der Waals surface area contributed by atoms with Crippen molar-refractivity contribution < 1.29 is 9.53 Å². The summed E-state index contributed by atoms with van der Waals surface area (Å²) < 4.78 is 5.38. The van der Waals surface area contributed by atoms with Crippen LogP contribution in [0.3, 0.4) is 0 Å². The predicted octanol–water partition coefficient (Wildman–Crippen LogP) is 4.14. The molecule has 0 N–H and O–H groups in total. The highest BCUT2D eigenvalue weighted by atomic mass is 35.5. The van der Waals surface area contributed by atoms with Gasteiger partial charge in [0.05, 0.1) is 12.1 Å². The van der Waals surface area contributed by atoms with Gasteiger partial charge in [0.2, 0.25) is 5.91 Å². The molecule has 21 heavy (non-hydrogen) atoms. The Hall–Kier alpha value is -2.00. The van der Waals surface area contributed by atoms with E-state index in [4.69, 9.17) is 16.3 Å². The molecule has 2 aromatic carbocycles. The molecule has 0 atom stereocenters. The van der Waals surface area contributed by atoms with E-state index in [0.29, 0.717) is 17.2 Å². The normalized spacial score (nSPS) is 14.6. The minimum atomic E-state index is 0.197. The highest BCUT2D eigenvalue weighted by Crippen LogP contribution is 2.36. The Morgan fingerprint density at radius 1 is 1.14 bits per heavy atom. The number of nitrogens with zero attached hydrogens (tertiary/aromatic N) is 1. The lowest BCUT2D eigenvalue weighted by atomic mass is 10.0. The van der Waals surface area contributed by atoms with Gasteiger partial charge >= 0.3 is 0 Å². The number of carbonyl (C=O) groups excluding carboxylic acids is 1. The molecule has 0 aliphatic carbocycles. The van der Waals surface area contributed by atoms with Crippen LogP contribution in [-0.4, -0.2) is 19.6 Å². The van der Waals surface area contributed by atoms with Crippen molar-refractivity contribution in [2.45, 2.75) is 12.8 Å². The fourth-order valence-electron chi connectivity index (χ4n) is 2.69. The summed E-state index contributed by atoms with van der Waals surface area (Å²) in [5, 5.41) is 0.591. The fourth-order valence-corrected chi connectivity index (χ4v) is 2.94. The van der Waals surface area contributed by atoms with Crippen molar-refractivity contribution in [1.29, 1.82) is 0 Å². The zero-order valence-electron chi connectivity index (χ0n) is 11.8. The van der Waals surface area contributed by atoms with Crippen molar-refractivity contribution in [3.63, 3.8) is 0 Å². The fraction of sp³-hybridized carbons (Fsp3) is 0.235. The van der Waals surface area contributed by atoms with Crippen LogP contribution in [0.15, 0.2) is 42.5 Å². The molecule has 0 unspecified atom stereocenters. The van der Waals surface area contributed by atoms with Gasteiger partial charge in [-0.3, -0.25) is 4.79 Å². The number of carbonyl (C=O) groups is 1. The Kier molecular flexibility index (Phi) is 3.84. The topological polar surface area (TPSA) is 29.5 Å². The molecular weight excluding hydrogens is 286 g/mol. The molecule has 1 heterocycles. The van der Waals surface area contributed by atoms with Crippen LogP contribution in [0.25, 0.3) is 11.1 Å². The average Bonchev–Trinajstić information content (AvgIpc) is 2.93. The molecule has 1 aliphatic rings. The SMILES string of the molecule is COc1c(Cl)cccc1-c1ccc(N2CCCC2=O)cc1. The van der Waals surface area contributed by atoms with E-state index < -0.39 is 0 Å². The lowest BCUT2D eigenvalue weighted by Gasteiger charge is -2.16. The van der Waals surface area contributed by atoms with Crippen LogP contribution in [0.4, 0.5) is 5.69 Å². The quantitative estimate of drug-likeness (QED) is 0.852. The number of para-hydroxylation sites is 1. The third kappa shape index (κ3) is 2.61. The minimum absolute atomic E-state index is 0.197. The maximum Gasteiger partial charge on any atom is 0.227 e. The van der Waals surface area contributed by atoms with E-state index in [0.717, 1.165) is 29.8 Å². The van der Waals surface area contributed by atoms with E-state index in [9.17, 15) is 4.79 Å². The third-order valence-electron chi connectivity index (χ3n) is 3.73. The average molecular weight is 302 g/mol. The number of hydrogen-bond donors (Lipinski definition) is 0. The van der Waals surface area contributed by atoms with Crippen LogP contribution in [0.5, 0.6) is 5.75 Å². The van der Waals surface area contributed by atoms with Crippen LogP contribution in [0.2, 0.25) is 5.02 Å². The maximum atomic E-state index is 11.8. The van der Waals surface area contributed by atoms with Crippen molar-refractivity contribution in [1.82, 2.24) is 0 Å². The Labute approximate surface area is 129 Å². The molecule has 1 amide bonds. The number of anilines is 1. The van der Waals surface area contributed by atoms with Crippen molar-refractivity contribution in [2.24, 2.45) is 0 Å². The van der Waals surface area contributed by atoms with Crippen molar-refractivity contribution in [3.8, 4) is 16.9 Å². The van der Waals surface area contributed by atoms with E-state index in [-0.39, 0.29) is 5.91 Å². The standard InChI is InChI=1S/C17H16ClNO2/c1-21-17-14(4-2-5-15(17)18)12-7-9-13(10-8-12)19-11-3-6-16(19)20/h2,4-5,7-10H,3,6,11H2,1H3. The predicted molar refractivity (Wildman–Crippen MR) is 85.0 cm³/mol. The first-order valence-corrected chi connectivity index (χ1v) is 7.32. The smallest absolute Gasteiger partial charge is 0.227 e. The Bertz CT molecular complexity index is 667. The van der Waals surface area contributed by atoms with Gasteiger partial charge in [-0.25, -0.2) is 0 Å². The van der Waals surface area contributed by atoms with Gasteiger partial charge in [0, 0.05) is 24.2 Å². The molecule has 2 aromatic rings. The number of benzene rings is 2. The van der Waals surface area contributed by atoms with Gasteiger partial charge in [0.1, 0.15) is 5.75 Å². The first-order valence-electron chi connectivity index (χ1n) is 6.94. The third-order valence-corrected chi connectivity index (χ3v) is 4.03. The molecule has 3 nitrogen and oxygen atoms in total. The van der Waals surface area contributed by atoms with E-state index in [2.05, 4.69) is 0 Å².